The Labute approximate surface area is 203 Å². The average Bonchev–Trinajstić information content (AvgIpc) is 3.13. The zero-order valence-electron chi connectivity index (χ0n) is 19.2. The van der Waals surface area contributed by atoms with Crippen LogP contribution < -0.4 is 15.9 Å². The van der Waals surface area contributed by atoms with E-state index >= 15 is 0 Å². The van der Waals surface area contributed by atoms with Gasteiger partial charge >= 0.3 is 204 Å². The molecule has 0 bridgehead atoms. The molecule has 0 saturated heterocycles. The number of aromatic amines is 1. The van der Waals surface area contributed by atoms with E-state index in [4.69, 9.17) is 4.74 Å². The van der Waals surface area contributed by atoms with Crippen molar-refractivity contribution < 1.29 is 9.53 Å². The van der Waals surface area contributed by atoms with Crippen molar-refractivity contribution in [1.82, 2.24) is 4.98 Å². The topological polar surface area (TPSA) is 42.1 Å². The van der Waals surface area contributed by atoms with Crippen molar-refractivity contribution in [1.29, 1.82) is 0 Å². The molecule has 0 atom stereocenters. The Balaban J connectivity index is 2.09. The molecule has 5 heteroatoms. The van der Waals surface area contributed by atoms with Gasteiger partial charge in [0.1, 0.15) is 0 Å². The van der Waals surface area contributed by atoms with Crippen LogP contribution in [0.2, 0.25) is 0 Å². The summed E-state index contributed by atoms with van der Waals surface area (Å²) in [5, 5.41) is 0.429. The predicted octanol–water partition coefficient (Wildman–Crippen LogP) is 6.15. The monoisotopic (exact) mass is 521 g/mol. The minimum atomic E-state index is -3.22. The van der Waals surface area contributed by atoms with Gasteiger partial charge in [-0.05, 0) is 0 Å². The first-order valence-corrected chi connectivity index (χ1v) is 15.6. The first-order chi connectivity index (χ1) is 15.9. The van der Waals surface area contributed by atoms with E-state index in [1.165, 1.54) is 15.9 Å². The molecule has 0 aliphatic heterocycles. The third-order valence-electron chi connectivity index (χ3n) is 6.32. The van der Waals surface area contributed by atoms with Gasteiger partial charge in [0.05, 0.1) is 0 Å². The van der Waals surface area contributed by atoms with Gasteiger partial charge in [0.2, 0.25) is 0 Å². The van der Waals surface area contributed by atoms with Gasteiger partial charge in [0, 0.05) is 0 Å². The van der Waals surface area contributed by atoms with E-state index in [2.05, 4.69) is 93.3 Å². The minimum absolute atomic E-state index is 0.277. The van der Waals surface area contributed by atoms with Crippen molar-refractivity contribution in [3.8, 4) is 0 Å². The molecule has 4 aromatic rings. The number of carbonyl (C=O) groups is 1. The summed E-state index contributed by atoms with van der Waals surface area (Å²) in [5.41, 5.74) is 3.47. The molecule has 0 saturated carbocycles. The Bertz CT molecular complexity index is 1150. The quantitative estimate of drug-likeness (QED) is 0.234. The molecule has 3 aromatic carbocycles. The second-order valence-electron chi connectivity index (χ2n) is 8.30. The van der Waals surface area contributed by atoms with E-state index in [9.17, 15) is 4.79 Å². The van der Waals surface area contributed by atoms with Crippen LogP contribution in [0.1, 0.15) is 34.2 Å². The fourth-order valence-corrected chi connectivity index (χ4v) is 12.4. The van der Waals surface area contributed by atoms with Gasteiger partial charge in [-0.15, -0.1) is 0 Å². The van der Waals surface area contributed by atoms with E-state index in [-0.39, 0.29) is 5.97 Å². The molecule has 0 spiro atoms. The number of hydrogen-bond donors (Lipinski definition) is 1. The number of rotatable bonds is 7. The summed E-state index contributed by atoms with van der Waals surface area (Å²) in [7, 11) is 0. The van der Waals surface area contributed by atoms with Crippen LogP contribution in [0.5, 0.6) is 0 Å². The van der Waals surface area contributed by atoms with E-state index in [0.29, 0.717) is 18.3 Å². The van der Waals surface area contributed by atoms with Gasteiger partial charge in [-0.2, -0.15) is 0 Å². The molecule has 1 N–H and O–H groups in total. The molecule has 1 heterocycles. The molecular weight excluding hydrogens is 493 g/mol. The molecule has 170 valence electrons. The molecular formula is C28H29BrNO2P. The average molecular weight is 522 g/mol. The SMILES string of the molecule is CCOC(=O)c1c(C)[nH]c(C)c1CP(Br)(c1ccccc1)(c1ccccc1)c1ccccc1. The van der Waals surface area contributed by atoms with Gasteiger partial charge in [-0.25, -0.2) is 0 Å². The van der Waals surface area contributed by atoms with Crippen LogP contribution >= 0.6 is 20.8 Å². The summed E-state index contributed by atoms with van der Waals surface area (Å²) < 4.78 is 5.47. The van der Waals surface area contributed by atoms with Crippen molar-refractivity contribution in [3.05, 3.63) is 114 Å². The molecule has 0 amide bonds. The van der Waals surface area contributed by atoms with Crippen molar-refractivity contribution in [3.63, 3.8) is 0 Å². The van der Waals surface area contributed by atoms with Crippen LogP contribution in [0.15, 0.2) is 91.0 Å². The number of aryl methyl sites for hydroxylation is 2. The molecule has 0 fully saturated rings. The Kier molecular flexibility index (Phi) is 6.61. The molecule has 0 unspecified atom stereocenters. The second-order valence-corrected chi connectivity index (χ2v) is 17.2. The van der Waals surface area contributed by atoms with Crippen LogP contribution in [0.4, 0.5) is 0 Å². The fraction of sp³-hybridized carbons (Fsp3) is 0.179. The number of benzene rings is 3. The number of H-pyrrole nitrogens is 1. The summed E-state index contributed by atoms with van der Waals surface area (Å²) in [6, 6.07) is 31.9. The zero-order chi connectivity index (χ0) is 23.5. The number of ether oxygens (including phenoxy) is 1. The molecule has 0 aliphatic rings. The molecule has 4 rings (SSSR count). The Morgan fingerprint density at radius 2 is 1.21 bits per heavy atom. The Morgan fingerprint density at radius 3 is 1.61 bits per heavy atom. The van der Waals surface area contributed by atoms with Crippen LogP contribution in [0.3, 0.4) is 0 Å². The number of halogens is 1. The summed E-state index contributed by atoms with van der Waals surface area (Å²) in [6.07, 6.45) is 0.647. The van der Waals surface area contributed by atoms with E-state index in [1.807, 2.05) is 39.0 Å². The van der Waals surface area contributed by atoms with Crippen molar-refractivity contribution >= 4 is 42.7 Å². The van der Waals surface area contributed by atoms with Gasteiger partial charge in [-0.3, -0.25) is 0 Å². The molecule has 1 aromatic heterocycles. The maximum atomic E-state index is 13.1. The number of aromatic nitrogens is 1. The van der Waals surface area contributed by atoms with Crippen LogP contribution in [0, 0.1) is 13.8 Å². The summed E-state index contributed by atoms with van der Waals surface area (Å²) in [5.74, 6) is -0.277. The number of esters is 1. The maximum absolute atomic E-state index is 13.1. The van der Waals surface area contributed by atoms with E-state index < -0.39 is 5.31 Å². The van der Waals surface area contributed by atoms with Crippen LogP contribution in [0.25, 0.3) is 0 Å². The van der Waals surface area contributed by atoms with Gasteiger partial charge in [0.25, 0.3) is 0 Å². The van der Waals surface area contributed by atoms with Gasteiger partial charge in [-0.1, -0.05) is 0 Å². The van der Waals surface area contributed by atoms with Gasteiger partial charge < -0.3 is 0 Å². The molecule has 0 radical (unpaired) electrons. The molecule has 3 nitrogen and oxygen atoms in total. The van der Waals surface area contributed by atoms with Crippen LogP contribution in [-0.4, -0.2) is 17.6 Å². The zero-order valence-corrected chi connectivity index (χ0v) is 21.7. The summed E-state index contributed by atoms with van der Waals surface area (Å²) in [4.78, 5) is 16.5. The second kappa shape index (κ2) is 9.29. The first-order valence-electron chi connectivity index (χ1n) is 11.1. The third kappa shape index (κ3) is 3.96. The van der Waals surface area contributed by atoms with E-state index in [0.717, 1.165) is 17.0 Å². The van der Waals surface area contributed by atoms with Crippen molar-refractivity contribution in [2.45, 2.75) is 26.9 Å². The van der Waals surface area contributed by atoms with Crippen molar-refractivity contribution in [2.24, 2.45) is 0 Å². The van der Waals surface area contributed by atoms with Gasteiger partial charge in [0.15, 0.2) is 0 Å². The number of nitrogens with one attached hydrogen (secondary N) is 1. The number of hydrogen-bond acceptors (Lipinski definition) is 2. The molecule has 0 aliphatic carbocycles. The third-order valence-corrected chi connectivity index (χ3v) is 15.8. The first kappa shape index (κ1) is 23.5. The standard InChI is InChI=1S/C28H29BrNO2P/c1-4-32-28(31)27-22(3)30-21(2)26(27)20-33(29,23-14-8-5-9-15-23,24-16-10-6-11-17-24)25-18-12-7-13-19-25/h5-19,30H,4,20H2,1-3H3. The normalized spacial score (nSPS) is 12.7. The van der Waals surface area contributed by atoms with Crippen molar-refractivity contribution in [2.75, 3.05) is 6.61 Å². The predicted molar refractivity (Wildman–Crippen MR) is 144 cm³/mol. The number of carbonyl (C=O) groups excluding carboxylic acids is 1. The Hall–Kier alpha value is -2.68. The molecule has 33 heavy (non-hydrogen) atoms. The Morgan fingerprint density at radius 1 is 0.788 bits per heavy atom. The summed E-state index contributed by atoms with van der Waals surface area (Å²) in [6.45, 7) is 6.17. The van der Waals surface area contributed by atoms with E-state index in [1.54, 1.807) is 0 Å². The summed E-state index contributed by atoms with van der Waals surface area (Å²) >= 11 is 4.48. The fourth-order valence-electron chi connectivity index (χ4n) is 4.74. The van der Waals surface area contributed by atoms with Crippen LogP contribution in [-0.2, 0) is 10.9 Å².